The number of rotatable bonds is 8. The van der Waals surface area contributed by atoms with Crippen LogP contribution in [0, 0.1) is 11.3 Å². The van der Waals surface area contributed by atoms with Crippen molar-refractivity contribution in [2.45, 2.75) is 49.8 Å². The molecule has 2 aromatic carbocycles. The van der Waals surface area contributed by atoms with Gasteiger partial charge in [-0.2, -0.15) is 9.57 Å². The third kappa shape index (κ3) is 4.63. The zero-order valence-corrected chi connectivity index (χ0v) is 18.2. The average Bonchev–Trinajstić information content (AvgIpc) is 2.71. The van der Waals surface area contributed by atoms with Gasteiger partial charge in [-0.1, -0.05) is 30.7 Å². The quantitative estimate of drug-likeness (QED) is 0.660. The SMILES string of the molecule is CCC(C)(O)C(C)(CO)N(Cc1ccc(C#N)cc1)S(=O)(=O)c1ccc(Cl)cc1. The van der Waals surface area contributed by atoms with E-state index < -0.39 is 27.8 Å². The lowest BCUT2D eigenvalue weighted by atomic mass is 9.81. The van der Waals surface area contributed by atoms with Crippen molar-refractivity contribution in [2.75, 3.05) is 6.61 Å². The van der Waals surface area contributed by atoms with Gasteiger partial charge in [-0.05, 0) is 62.2 Å². The van der Waals surface area contributed by atoms with Crippen molar-refractivity contribution in [3.63, 3.8) is 0 Å². The molecule has 2 rings (SSSR count). The molecule has 0 saturated carbocycles. The van der Waals surface area contributed by atoms with Gasteiger partial charge in [-0.25, -0.2) is 8.42 Å². The van der Waals surface area contributed by atoms with E-state index in [2.05, 4.69) is 0 Å². The van der Waals surface area contributed by atoms with E-state index in [9.17, 15) is 18.6 Å². The van der Waals surface area contributed by atoms with Crippen LogP contribution in [0.25, 0.3) is 0 Å². The number of hydrogen-bond donors (Lipinski definition) is 2. The number of aliphatic hydroxyl groups is 2. The maximum atomic E-state index is 13.5. The lowest BCUT2D eigenvalue weighted by molar-refractivity contribution is -0.0925. The second kappa shape index (κ2) is 8.82. The average molecular weight is 437 g/mol. The lowest BCUT2D eigenvalue weighted by Crippen LogP contribution is -2.64. The Morgan fingerprint density at radius 3 is 2.10 bits per heavy atom. The van der Waals surface area contributed by atoms with E-state index in [1.165, 1.54) is 38.1 Å². The molecule has 0 aliphatic rings. The van der Waals surface area contributed by atoms with Crippen LogP contribution in [0.4, 0.5) is 0 Å². The van der Waals surface area contributed by atoms with E-state index in [0.29, 0.717) is 16.1 Å². The molecule has 0 radical (unpaired) electrons. The van der Waals surface area contributed by atoms with E-state index in [1.54, 1.807) is 31.2 Å². The molecule has 0 spiro atoms. The summed E-state index contributed by atoms with van der Waals surface area (Å²) in [6.45, 7) is 4.07. The molecule has 0 fully saturated rings. The van der Waals surface area contributed by atoms with Crippen molar-refractivity contribution in [1.82, 2.24) is 4.31 Å². The van der Waals surface area contributed by atoms with E-state index in [-0.39, 0.29) is 17.9 Å². The first-order valence-electron chi connectivity index (χ1n) is 9.12. The summed E-state index contributed by atoms with van der Waals surface area (Å²) in [5.74, 6) is 0. The first kappa shape index (κ1) is 23.3. The molecule has 0 aliphatic heterocycles. The molecule has 0 aliphatic carbocycles. The fraction of sp³-hybridized carbons (Fsp3) is 0.381. The molecule has 2 aromatic rings. The zero-order chi connectivity index (χ0) is 21.9. The fourth-order valence-electron chi connectivity index (χ4n) is 3.01. The molecule has 0 bridgehead atoms. The highest BCUT2D eigenvalue weighted by atomic mass is 35.5. The smallest absolute Gasteiger partial charge is 0.244 e. The third-order valence-electron chi connectivity index (χ3n) is 5.52. The Bertz CT molecular complexity index is 983. The number of nitriles is 1. The Hall–Kier alpha value is -1.95. The van der Waals surface area contributed by atoms with Gasteiger partial charge in [0, 0.05) is 11.6 Å². The number of nitrogens with zero attached hydrogens (tertiary/aromatic N) is 2. The van der Waals surface area contributed by atoms with Gasteiger partial charge in [0.25, 0.3) is 0 Å². The van der Waals surface area contributed by atoms with Gasteiger partial charge >= 0.3 is 0 Å². The summed E-state index contributed by atoms with van der Waals surface area (Å²) in [6, 6.07) is 14.2. The van der Waals surface area contributed by atoms with Gasteiger partial charge in [0.05, 0.1) is 34.3 Å². The number of sulfonamides is 1. The molecule has 156 valence electrons. The summed E-state index contributed by atoms with van der Waals surface area (Å²) in [5.41, 5.74) is -1.94. The molecule has 0 amide bonds. The first-order chi connectivity index (χ1) is 13.5. The van der Waals surface area contributed by atoms with E-state index in [0.717, 1.165) is 4.31 Å². The second-order valence-electron chi connectivity index (χ2n) is 7.33. The van der Waals surface area contributed by atoms with Crippen LogP contribution in [0.5, 0.6) is 0 Å². The third-order valence-corrected chi connectivity index (χ3v) is 7.75. The van der Waals surface area contributed by atoms with Crippen molar-refractivity contribution in [3.8, 4) is 6.07 Å². The minimum Gasteiger partial charge on any atom is -0.394 e. The Morgan fingerprint density at radius 1 is 1.10 bits per heavy atom. The van der Waals surface area contributed by atoms with Crippen molar-refractivity contribution in [2.24, 2.45) is 0 Å². The Morgan fingerprint density at radius 2 is 1.66 bits per heavy atom. The van der Waals surface area contributed by atoms with Crippen LogP contribution in [-0.4, -0.2) is 40.7 Å². The van der Waals surface area contributed by atoms with Crippen LogP contribution in [-0.2, 0) is 16.6 Å². The summed E-state index contributed by atoms with van der Waals surface area (Å²) >= 11 is 5.90. The summed E-state index contributed by atoms with van der Waals surface area (Å²) < 4.78 is 28.2. The predicted octanol–water partition coefficient (Wildman–Crippen LogP) is 3.31. The summed E-state index contributed by atoms with van der Waals surface area (Å²) in [6.07, 6.45) is 0.226. The minimum atomic E-state index is -4.11. The summed E-state index contributed by atoms with van der Waals surface area (Å²) in [5, 5.41) is 30.6. The van der Waals surface area contributed by atoms with E-state index in [4.69, 9.17) is 16.9 Å². The molecule has 2 unspecified atom stereocenters. The normalized spacial score (nSPS) is 16.1. The van der Waals surface area contributed by atoms with Crippen molar-refractivity contribution < 1.29 is 18.6 Å². The maximum absolute atomic E-state index is 13.5. The number of benzene rings is 2. The highest BCUT2D eigenvalue weighted by molar-refractivity contribution is 7.89. The van der Waals surface area contributed by atoms with Gasteiger partial charge in [-0.15, -0.1) is 0 Å². The van der Waals surface area contributed by atoms with Crippen LogP contribution < -0.4 is 0 Å². The summed E-state index contributed by atoms with van der Waals surface area (Å²) in [7, 11) is -4.11. The number of hydrogen-bond acceptors (Lipinski definition) is 5. The Kier molecular flexibility index (Phi) is 7.10. The van der Waals surface area contributed by atoms with Gasteiger partial charge in [0.2, 0.25) is 10.0 Å². The van der Waals surface area contributed by atoms with Crippen LogP contribution in [0.15, 0.2) is 53.4 Å². The second-order valence-corrected chi connectivity index (χ2v) is 9.63. The summed E-state index contributed by atoms with van der Waals surface area (Å²) in [4.78, 5) is 0.00197. The highest BCUT2D eigenvalue weighted by Crippen LogP contribution is 2.37. The Balaban J connectivity index is 2.63. The molecule has 0 heterocycles. The van der Waals surface area contributed by atoms with Crippen LogP contribution in [0.2, 0.25) is 5.02 Å². The monoisotopic (exact) mass is 436 g/mol. The Labute approximate surface area is 177 Å². The molecule has 2 atom stereocenters. The largest absolute Gasteiger partial charge is 0.394 e. The van der Waals surface area contributed by atoms with Gasteiger partial charge in [0.15, 0.2) is 0 Å². The van der Waals surface area contributed by atoms with E-state index in [1.807, 2.05) is 6.07 Å². The van der Waals surface area contributed by atoms with E-state index >= 15 is 0 Å². The molecular formula is C21H25ClN2O4S. The van der Waals surface area contributed by atoms with Crippen molar-refractivity contribution in [3.05, 3.63) is 64.7 Å². The van der Waals surface area contributed by atoms with Crippen LogP contribution in [0.3, 0.4) is 0 Å². The zero-order valence-electron chi connectivity index (χ0n) is 16.6. The molecule has 0 aromatic heterocycles. The fourth-order valence-corrected chi connectivity index (χ4v) is 4.97. The van der Waals surface area contributed by atoms with Crippen LogP contribution >= 0.6 is 11.6 Å². The minimum absolute atomic E-state index is 0.00197. The van der Waals surface area contributed by atoms with Crippen molar-refractivity contribution >= 4 is 21.6 Å². The number of halogens is 1. The van der Waals surface area contributed by atoms with Crippen LogP contribution in [0.1, 0.15) is 38.3 Å². The molecule has 0 saturated heterocycles. The highest BCUT2D eigenvalue weighted by Gasteiger charge is 2.51. The molecule has 6 nitrogen and oxygen atoms in total. The standard InChI is InChI=1S/C21H25ClN2O4S/c1-4-21(3,26)20(2,15-25)24(14-17-7-5-16(13-23)6-8-17)29(27,28)19-11-9-18(22)10-12-19/h5-12,25-26H,4,14-15H2,1-3H3. The number of aliphatic hydroxyl groups excluding tert-OH is 1. The molecular weight excluding hydrogens is 412 g/mol. The molecule has 29 heavy (non-hydrogen) atoms. The lowest BCUT2D eigenvalue weighted by Gasteiger charge is -2.48. The van der Waals surface area contributed by atoms with Gasteiger partial charge in [-0.3, -0.25) is 0 Å². The predicted molar refractivity (Wildman–Crippen MR) is 112 cm³/mol. The topological polar surface area (TPSA) is 102 Å². The first-order valence-corrected chi connectivity index (χ1v) is 10.9. The molecule has 8 heteroatoms. The van der Waals surface area contributed by atoms with Gasteiger partial charge in [0.1, 0.15) is 0 Å². The van der Waals surface area contributed by atoms with Gasteiger partial charge < -0.3 is 10.2 Å². The molecule has 2 N–H and O–H groups in total. The van der Waals surface area contributed by atoms with Crippen molar-refractivity contribution in [1.29, 1.82) is 5.26 Å². The maximum Gasteiger partial charge on any atom is 0.244 e.